The summed E-state index contributed by atoms with van der Waals surface area (Å²) in [6, 6.07) is 21.7. The van der Waals surface area contributed by atoms with Gasteiger partial charge in [0, 0.05) is 22.0 Å². The van der Waals surface area contributed by atoms with Gasteiger partial charge in [0.05, 0.1) is 45.6 Å². The summed E-state index contributed by atoms with van der Waals surface area (Å²) < 4.78 is 0. The number of hydrogen-bond donors (Lipinski definition) is 1. The van der Waals surface area contributed by atoms with Crippen LogP contribution in [0.25, 0.3) is 0 Å². The molecule has 6 rings (SSSR count). The van der Waals surface area contributed by atoms with Crippen LogP contribution in [0.2, 0.25) is 0 Å². The topological polar surface area (TPSA) is 65.2 Å². The highest BCUT2D eigenvalue weighted by atomic mass is 31.1. The van der Waals surface area contributed by atoms with Crippen molar-refractivity contribution in [2.75, 3.05) is 0 Å². The van der Waals surface area contributed by atoms with Gasteiger partial charge >= 0.3 is 0 Å². The third-order valence-corrected chi connectivity index (χ3v) is 12.2. The second-order valence-electron chi connectivity index (χ2n) is 16.4. The number of aromatic nitrogens is 1. The minimum Gasteiger partial charge on any atom is -0.353 e. The Hall–Kier alpha value is -5.25. The molecule has 0 saturated heterocycles. The number of aliphatic imine (C=N–C) groups is 4. The average Bonchev–Trinajstić information content (AvgIpc) is 3.83. The fourth-order valence-electron chi connectivity index (χ4n) is 8.01. The van der Waals surface area contributed by atoms with Gasteiger partial charge in [-0.15, -0.1) is 0 Å². The molecule has 300 valence electrons. The Labute approximate surface area is 350 Å². The minimum atomic E-state index is 0.953. The molecule has 0 aliphatic carbocycles. The molecule has 4 aromatic carbocycles. The lowest BCUT2D eigenvalue weighted by Gasteiger charge is -2.09. The van der Waals surface area contributed by atoms with E-state index in [9.17, 15) is 0 Å². The molecule has 1 N–H and O–H groups in total. The quantitative estimate of drug-likeness (QED) is 0.120. The van der Waals surface area contributed by atoms with Crippen LogP contribution in [0.15, 0.2) is 92.0 Å². The number of hydrogen-bond acceptors (Lipinski definition) is 4. The highest BCUT2D eigenvalue weighted by Crippen LogP contribution is 2.33. The standard InChI is InChI=1S/C26H31N3.C26H31N2P/c2*1-15-11-17(3)25(18(4)12-15)27-21(7)23-9-10-24(29-23)22(8)28-26-19(5)13-16(2)14-20(26)6/h9-14,29H,1-8H3;9,11-14H,10H2,1-8H3. The predicted octanol–water partition coefficient (Wildman–Crippen LogP) is 15.0. The summed E-state index contributed by atoms with van der Waals surface area (Å²) in [4.78, 5) is 23.3. The zero-order valence-corrected chi connectivity index (χ0v) is 38.7. The molecule has 0 unspecified atom stereocenters. The first-order valence-electron chi connectivity index (χ1n) is 20.3. The first-order chi connectivity index (χ1) is 27.3. The van der Waals surface area contributed by atoms with E-state index < -0.39 is 0 Å². The largest absolute Gasteiger partial charge is 0.353 e. The monoisotopic (exact) mass is 787 g/mol. The van der Waals surface area contributed by atoms with Crippen molar-refractivity contribution in [2.45, 2.75) is 117 Å². The van der Waals surface area contributed by atoms with Crippen molar-refractivity contribution < 1.29 is 0 Å². The van der Waals surface area contributed by atoms with Crippen molar-refractivity contribution in [3.05, 3.63) is 150 Å². The molecule has 6 heteroatoms. The first-order valence-corrected chi connectivity index (χ1v) is 21.2. The molecule has 5 aromatic rings. The summed E-state index contributed by atoms with van der Waals surface area (Å²) >= 11 is 0. The number of nitrogens with one attached hydrogen (secondary N) is 1. The lowest BCUT2D eigenvalue weighted by Crippen LogP contribution is -2.05. The van der Waals surface area contributed by atoms with E-state index in [2.05, 4.69) is 183 Å². The number of allylic oxidation sites excluding steroid dienone is 2. The predicted molar refractivity (Wildman–Crippen MR) is 257 cm³/mol. The minimum absolute atomic E-state index is 0.953. The van der Waals surface area contributed by atoms with E-state index in [1.165, 1.54) is 85.6 Å². The molecule has 0 spiro atoms. The summed E-state index contributed by atoms with van der Waals surface area (Å²) in [5.74, 6) is 0. The van der Waals surface area contributed by atoms with Crippen molar-refractivity contribution in [1.82, 2.24) is 4.98 Å². The number of aromatic amines is 1. The summed E-state index contributed by atoms with van der Waals surface area (Å²) in [5, 5.41) is 2.66. The van der Waals surface area contributed by atoms with Crippen molar-refractivity contribution in [1.29, 1.82) is 0 Å². The summed E-state index contributed by atoms with van der Waals surface area (Å²) in [6.45, 7) is 34.0. The number of H-pyrrole nitrogens is 1. The van der Waals surface area contributed by atoms with Gasteiger partial charge in [0.25, 0.3) is 0 Å². The van der Waals surface area contributed by atoms with E-state index in [1.54, 1.807) is 0 Å². The fourth-order valence-corrected chi connectivity index (χ4v) is 9.09. The molecule has 0 saturated carbocycles. The van der Waals surface area contributed by atoms with Crippen LogP contribution in [0.4, 0.5) is 22.7 Å². The van der Waals surface area contributed by atoms with E-state index in [-0.39, 0.29) is 0 Å². The van der Waals surface area contributed by atoms with Gasteiger partial charge in [0.15, 0.2) is 0 Å². The third kappa shape index (κ3) is 10.6. The van der Waals surface area contributed by atoms with Gasteiger partial charge < -0.3 is 4.98 Å². The summed E-state index contributed by atoms with van der Waals surface area (Å²) in [5.41, 5.74) is 25.5. The Bertz CT molecular complexity index is 2400. The molecular weight excluding hydrogens is 726 g/mol. The van der Waals surface area contributed by atoms with Crippen molar-refractivity contribution in [3.63, 3.8) is 0 Å². The molecule has 1 aliphatic rings. The van der Waals surface area contributed by atoms with Crippen LogP contribution in [0.3, 0.4) is 0 Å². The van der Waals surface area contributed by atoms with Crippen LogP contribution in [0, 0.1) is 83.1 Å². The Morgan fingerprint density at radius 3 is 1.00 bits per heavy atom. The van der Waals surface area contributed by atoms with Crippen LogP contribution in [0.5, 0.6) is 0 Å². The first kappa shape index (κ1) is 43.9. The summed E-state index contributed by atoms with van der Waals surface area (Å²) in [6.07, 6.45) is 3.26. The van der Waals surface area contributed by atoms with Crippen molar-refractivity contribution >= 4 is 59.1 Å². The van der Waals surface area contributed by atoms with Crippen LogP contribution < -0.4 is 0 Å². The SMILES string of the molecule is CC(=Nc1c(C)cc(C)cc1C)C1=CCC(C(C)=Nc2c(C)cc(C)cc2C)=P1.CC(=Nc1c(C)cc(C)cc1C)c1ccc(C(C)=Nc2c(C)cc(C)cc2C)[nH]1. The smallest absolute Gasteiger partial charge is 0.0692 e. The van der Waals surface area contributed by atoms with Gasteiger partial charge in [0.1, 0.15) is 0 Å². The number of rotatable bonds is 8. The van der Waals surface area contributed by atoms with Crippen molar-refractivity contribution in [2.24, 2.45) is 20.0 Å². The third-order valence-electron chi connectivity index (χ3n) is 10.7. The average molecular weight is 788 g/mol. The maximum absolute atomic E-state index is 5.00. The molecule has 0 fully saturated rings. The fraction of sp³-hybridized carbons (Fsp3) is 0.327. The van der Waals surface area contributed by atoms with Crippen LogP contribution in [-0.2, 0) is 0 Å². The Balaban J connectivity index is 0.000000221. The lowest BCUT2D eigenvalue weighted by molar-refractivity contribution is 1.26. The van der Waals surface area contributed by atoms with E-state index in [4.69, 9.17) is 20.0 Å². The maximum atomic E-state index is 5.00. The van der Waals surface area contributed by atoms with Gasteiger partial charge in [-0.25, -0.2) is 0 Å². The van der Waals surface area contributed by atoms with Gasteiger partial charge in [-0.05, 0) is 174 Å². The van der Waals surface area contributed by atoms with Crippen molar-refractivity contribution in [3.8, 4) is 0 Å². The van der Waals surface area contributed by atoms with E-state index in [0.29, 0.717) is 0 Å². The highest BCUT2D eigenvalue weighted by Gasteiger charge is 2.15. The van der Waals surface area contributed by atoms with Gasteiger partial charge in [0.2, 0.25) is 0 Å². The second kappa shape index (κ2) is 18.6. The van der Waals surface area contributed by atoms with Gasteiger partial charge in [-0.1, -0.05) is 85.1 Å². The molecule has 0 bridgehead atoms. The van der Waals surface area contributed by atoms with Crippen LogP contribution in [0.1, 0.15) is 112 Å². The van der Waals surface area contributed by atoms with E-state index >= 15 is 0 Å². The number of nitrogens with zero attached hydrogens (tertiary/aromatic N) is 4. The molecule has 58 heavy (non-hydrogen) atoms. The zero-order chi connectivity index (χ0) is 42.6. The Kier molecular flexibility index (Phi) is 14.0. The molecule has 5 nitrogen and oxygen atoms in total. The highest BCUT2D eigenvalue weighted by molar-refractivity contribution is 7.50. The molecule has 0 amide bonds. The Morgan fingerprint density at radius 1 is 0.414 bits per heavy atom. The summed E-state index contributed by atoms with van der Waals surface area (Å²) in [7, 11) is 1.23. The zero-order valence-electron chi connectivity index (χ0n) is 37.8. The molecule has 1 aliphatic heterocycles. The lowest BCUT2D eigenvalue weighted by atomic mass is 10.1. The van der Waals surface area contributed by atoms with Crippen LogP contribution in [-0.4, -0.2) is 33.1 Å². The van der Waals surface area contributed by atoms with E-state index in [1.807, 2.05) is 0 Å². The molecular formula is C52H62N5P. The molecule has 2 heterocycles. The van der Waals surface area contributed by atoms with E-state index in [0.717, 1.165) is 63.4 Å². The number of aryl methyl sites for hydroxylation is 12. The van der Waals surface area contributed by atoms with Gasteiger partial charge in [-0.2, -0.15) is 0 Å². The Morgan fingerprint density at radius 2 is 0.690 bits per heavy atom. The van der Waals surface area contributed by atoms with Gasteiger partial charge in [-0.3, -0.25) is 20.0 Å². The number of benzene rings is 4. The maximum Gasteiger partial charge on any atom is 0.0692 e. The molecule has 1 aromatic heterocycles. The normalized spacial score (nSPS) is 14.0. The van der Waals surface area contributed by atoms with Crippen LogP contribution >= 0.6 is 8.20 Å². The second-order valence-corrected chi connectivity index (χ2v) is 17.7. The molecule has 0 radical (unpaired) electrons. The molecule has 0 atom stereocenters.